The Balaban J connectivity index is 1.90. The number of anilines is 2. The molecule has 0 radical (unpaired) electrons. The van der Waals surface area contributed by atoms with Crippen molar-refractivity contribution in [2.24, 2.45) is 5.73 Å². The molecule has 0 aromatic heterocycles. The van der Waals surface area contributed by atoms with Gasteiger partial charge in [0.05, 0.1) is 16.4 Å². The number of fused-ring (bicyclic) bond motifs is 1. The van der Waals surface area contributed by atoms with Gasteiger partial charge in [0.15, 0.2) is 6.61 Å². The summed E-state index contributed by atoms with van der Waals surface area (Å²) in [4.78, 5) is 23.1. The largest absolute Gasteiger partial charge is 0.482 e. The fraction of sp³-hybridized carbons (Fsp3) is 0.467. The Kier molecular flexibility index (Phi) is 6.03. The summed E-state index contributed by atoms with van der Waals surface area (Å²) in [6.45, 7) is 0.649. The van der Waals surface area contributed by atoms with Gasteiger partial charge in [-0.25, -0.2) is 0 Å². The molecule has 22 heavy (non-hydrogen) atoms. The van der Waals surface area contributed by atoms with Crippen LogP contribution >= 0.6 is 11.6 Å². The van der Waals surface area contributed by atoms with Crippen LogP contribution in [0.4, 0.5) is 11.4 Å². The summed E-state index contributed by atoms with van der Waals surface area (Å²) >= 11 is 6.12. The molecule has 0 aliphatic carbocycles. The highest BCUT2D eigenvalue weighted by Crippen LogP contribution is 2.36. The first-order valence-corrected chi connectivity index (χ1v) is 7.74. The molecule has 1 aliphatic heterocycles. The van der Waals surface area contributed by atoms with Crippen molar-refractivity contribution in [3.63, 3.8) is 0 Å². The van der Waals surface area contributed by atoms with Crippen molar-refractivity contribution in [2.75, 3.05) is 23.8 Å². The van der Waals surface area contributed by atoms with Crippen molar-refractivity contribution in [1.82, 2.24) is 0 Å². The smallest absolute Gasteiger partial charge is 0.262 e. The Morgan fingerprint density at radius 2 is 2.09 bits per heavy atom. The van der Waals surface area contributed by atoms with E-state index in [0.717, 1.165) is 25.7 Å². The van der Waals surface area contributed by atoms with Crippen LogP contribution < -0.4 is 21.1 Å². The number of ether oxygens (including phenoxy) is 1. The van der Waals surface area contributed by atoms with Crippen LogP contribution in [0.3, 0.4) is 0 Å². The number of carbonyl (C=O) groups is 2. The normalized spacial score (nSPS) is 13.1. The lowest BCUT2D eigenvalue weighted by molar-refractivity contribution is -0.118. The second-order valence-electron chi connectivity index (χ2n) is 5.17. The topological polar surface area (TPSA) is 93.5 Å². The molecule has 0 saturated heterocycles. The fourth-order valence-electron chi connectivity index (χ4n) is 2.19. The summed E-state index contributed by atoms with van der Waals surface area (Å²) in [5.74, 6) is 0.189. The summed E-state index contributed by atoms with van der Waals surface area (Å²) in [6.07, 6.45) is 4.27. The van der Waals surface area contributed by atoms with E-state index in [1.165, 1.54) is 0 Å². The first kappa shape index (κ1) is 16.6. The van der Waals surface area contributed by atoms with Gasteiger partial charge in [0.1, 0.15) is 5.75 Å². The van der Waals surface area contributed by atoms with Gasteiger partial charge in [-0.3, -0.25) is 9.59 Å². The molecule has 120 valence electrons. The van der Waals surface area contributed by atoms with Gasteiger partial charge in [0, 0.05) is 12.5 Å². The van der Waals surface area contributed by atoms with Crippen LogP contribution in [0.2, 0.25) is 5.02 Å². The van der Waals surface area contributed by atoms with E-state index < -0.39 is 0 Å². The van der Waals surface area contributed by atoms with Crippen molar-refractivity contribution in [1.29, 1.82) is 0 Å². The number of unbranched alkanes of at least 4 members (excludes halogenated alkanes) is 3. The lowest BCUT2D eigenvalue weighted by Crippen LogP contribution is -2.25. The molecule has 4 N–H and O–H groups in total. The Bertz CT molecular complexity index is 563. The number of amides is 2. The number of nitrogens with two attached hydrogens (primary N) is 1. The molecule has 2 amide bonds. The van der Waals surface area contributed by atoms with Crippen LogP contribution in [0, 0.1) is 0 Å². The van der Waals surface area contributed by atoms with Gasteiger partial charge in [0.2, 0.25) is 5.91 Å². The molecule has 0 bridgehead atoms. The number of carbonyl (C=O) groups excluding carboxylic acids is 2. The van der Waals surface area contributed by atoms with Crippen LogP contribution in [0.1, 0.15) is 32.1 Å². The predicted molar refractivity (Wildman–Crippen MR) is 86.3 cm³/mol. The standard InChI is InChI=1S/C15H20ClN3O3/c16-10-7-12-13(22-9-15(21)19-12)8-11(10)18-14(20)5-3-1-2-4-6-17/h7-8H,1-6,9,17H2,(H,18,20)(H,19,21). The zero-order chi connectivity index (χ0) is 15.9. The van der Waals surface area contributed by atoms with Crippen LogP contribution in [0.15, 0.2) is 12.1 Å². The molecular formula is C15H20ClN3O3. The average Bonchev–Trinajstić information content (AvgIpc) is 2.48. The molecule has 0 saturated carbocycles. The number of halogens is 1. The predicted octanol–water partition coefficient (Wildman–Crippen LogP) is 2.52. The highest BCUT2D eigenvalue weighted by atomic mass is 35.5. The van der Waals surface area contributed by atoms with Crippen LogP contribution in [0.25, 0.3) is 0 Å². The van der Waals surface area contributed by atoms with E-state index in [1.807, 2.05) is 0 Å². The van der Waals surface area contributed by atoms with Gasteiger partial charge in [-0.05, 0) is 25.5 Å². The van der Waals surface area contributed by atoms with E-state index in [2.05, 4.69) is 10.6 Å². The second kappa shape index (κ2) is 8.00. The third-order valence-corrected chi connectivity index (χ3v) is 3.65. The molecule has 1 aromatic rings. The molecule has 0 unspecified atom stereocenters. The monoisotopic (exact) mass is 325 g/mol. The summed E-state index contributed by atoms with van der Waals surface area (Å²) < 4.78 is 5.30. The summed E-state index contributed by atoms with van der Waals surface area (Å²) in [5.41, 5.74) is 6.43. The molecule has 7 heteroatoms. The highest BCUT2D eigenvalue weighted by molar-refractivity contribution is 6.34. The van der Waals surface area contributed by atoms with E-state index in [1.54, 1.807) is 12.1 Å². The molecule has 2 rings (SSSR count). The minimum absolute atomic E-state index is 0.0385. The molecule has 1 aliphatic rings. The summed E-state index contributed by atoms with van der Waals surface area (Å²) in [7, 11) is 0. The third kappa shape index (κ3) is 4.61. The number of rotatable bonds is 7. The van der Waals surface area contributed by atoms with Gasteiger partial charge >= 0.3 is 0 Å². The first-order valence-electron chi connectivity index (χ1n) is 7.36. The van der Waals surface area contributed by atoms with Crippen molar-refractivity contribution in [3.05, 3.63) is 17.2 Å². The minimum atomic E-state index is -0.224. The zero-order valence-electron chi connectivity index (χ0n) is 12.3. The van der Waals surface area contributed by atoms with E-state index in [9.17, 15) is 9.59 Å². The number of benzene rings is 1. The SMILES string of the molecule is NCCCCCCC(=O)Nc1cc2c(cc1Cl)NC(=O)CO2. The van der Waals surface area contributed by atoms with E-state index in [-0.39, 0.29) is 18.4 Å². The Hall–Kier alpha value is -1.79. The molecule has 1 heterocycles. The fourth-order valence-corrected chi connectivity index (χ4v) is 2.40. The number of hydrogen-bond donors (Lipinski definition) is 3. The third-order valence-electron chi connectivity index (χ3n) is 3.33. The molecule has 0 atom stereocenters. The molecule has 1 aromatic carbocycles. The van der Waals surface area contributed by atoms with Gasteiger partial charge < -0.3 is 21.1 Å². The minimum Gasteiger partial charge on any atom is -0.482 e. The lowest BCUT2D eigenvalue weighted by Gasteiger charge is -2.19. The van der Waals surface area contributed by atoms with E-state index in [4.69, 9.17) is 22.1 Å². The van der Waals surface area contributed by atoms with E-state index in [0.29, 0.717) is 35.1 Å². The second-order valence-corrected chi connectivity index (χ2v) is 5.57. The van der Waals surface area contributed by atoms with Gasteiger partial charge in [-0.15, -0.1) is 0 Å². The number of nitrogens with one attached hydrogen (secondary N) is 2. The van der Waals surface area contributed by atoms with E-state index >= 15 is 0 Å². The van der Waals surface area contributed by atoms with Crippen molar-refractivity contribution < 1.29 is 14.3 Å². The van der Waals surface area contributed by atoms with Crippen LogP contribution in [-0.4, -0.2) is 25.0 Å². The zero-order valence-corrected chi connectivity index (χ0v) is 13.0. The van der Waals surface area contributed by atoms with Crippen LogP contribution in [-0.2, 0) is 9.59 Å². The van der Waals surface area contributed by atoms with Crippen LogP contribution in [0.5, 0.6) is 5.75 Å². The average molecular weight is 326 g/mol. The Labute approximate surface area is 134 Å². The Morgan fingerprint density at radius 3 is 2.86 bits per heavy atom. The van der Waals surface area contributed by atoms with Gasteiger partial charge in [0.25, 0.3) is 5.91 Å². The van der Waals surface area contributed by atoms with Crippen molar-refractivity contribution in [2.45, 2.75) is 32.1 Å². The maximum absolute atomic E-state index is 11.9. The molecular weight excluding hydrogens is 306 g/mol. The Morgan fingerprint density at radius 1 is 1.32 bits per heavy atom. The maximum atomic E-state index is 11.9. The quantitative estimate of drug-likeness (QED) is 0.671. The highest BCUT2D eigenvalue weighted by Gasteiger charge is 2.18. The van der Waals surface area contributed by atoms with Crippen molar-refractivity contribution >= 4 is 34.8 Å². The molecule has 0 spiro atoms. The molecule has 6 nitrogen and oxygen atoms in total. The lowest BCUT2D eigenvalue weighted by atomic mass is 10.1. The number of hydrogen-bond acceptors (Lipinski definition) is 4. The first-order chi connectivity index (χ1) is 10.6. The van der Waals surface area contributed by atoms with Gasteiger partial charge in [-0.1, -0.05) is 24.4 Å². The summed E-state index contributed by atoms with van der Waals surface area (Å²) in [6, 6.07) is 3.20. The summed E-state index contributed by atoms with van der Waals surface area (Å²) in [5, 5.41) is 5.80. The molecule has 0 fully saturated rings. The maximum Gasteiger partial charge on any atom is 0.262 e. The van der Waals surface area contributed by atoms with Gasteiger partial charge in [-0.2, -0.15) is 0 Å². The van der Waals surface area contributed by atoms with Crippen molar-refractivity contribution in [3.8, 4) is 5.75 Å².